The second-order valence-corrected chi connectivity index (χ2v) is 18.0. The standard InChI is InChI=1S/C36H46OSi/c1-10-19-37-33-25(5)20-24(4)21-30(33)38(11-2,12-3)34-29-23-35(6,7)18-17-28(29)32-31(34)27-16-14-13-15-26(27)22-36(32,8)9/h10,13-16,20-23,34H,1,11-12,17-19H2,2-9H3. The zero-order valence-corrected chi connectivity index (χ0v) is 25.9. The fourth-order valence-corrected chi connectivity index (χ4v) is 13.3. The quantitative estimate of drug-likeness (QED) is 0.268. The van der Waals surface area contributed by atoms with Crippen molar-refractivity contribution in [2.75, 3.05) is 6.61 Å². The normalized spacial score (nSPS) is 21.2. The van der Waals surface area contributed by atoms with Gasteiger partial charge in [-0.2, -0.15) is 0 Å². The maximum Gasteiger partial charge on any atom is 0.121 e. The molecule has 2 heteroatoms. The van der Waals surface area contributed by atoms with Gasteiger partial charge in [0.25, 0.3) is 0 Å². The van der Waals surface area contributed by atoms with Gasteiger partial charge in [-0.05, 0) is 75.6 Å². The molecule has 1 nitrogen and oxygen atoms in total. The average Bonchev–Trinajstić information content (AvgIpc) is 3.19. The zero-order chi connectivity index (χ0) is 27.5. The summed E-state index contributed by atoms with van der Waals surface area (Å²) in [6, 6.07) is 16.3. The Morgan fingerprint density at radius 1 is 1.03 bits per heavy atom. The Bertz CT molecular complexity index is 1480. The number of hydrogen-bond donors (Lipinski definition) is 0. The molecule has 0 amide bonds. The van der Waals surface area contributed by atoms with Crippen molar-refractivity contribution in [2.45, 2.75) is 85.9 Å². The van der Waals surface area contributed by atoms with Gasteiger partial charge >= 0.3 is 0 Å². The molecule has 2 aromatic carbocycles. The predicted octanol–water partition coefficient (Wildman–Crippen LogP) is 7.66. The van der Waals surface area contributed by atoms with Crippen molar-refractivity contribution in [1.82, 2.24) is 0 Å². The molecular formula is C36H46OSi. The van der Waals surface area contributed by atoms with E-state index < -0.39 is 8.07 Å². The molecule has 0 bridgehead atoms. The van der Waals surface area contributed by atoms with Crippen LogP contribution in [0.4, 0.5) is 0 Å². The monoisotopic (exact) mass is 522 g/mol. The van der Waals surface area contributed by atoms with Gasteiger partial charge in [0, 0.05) is 11.0 Å². The Balaban J connectivity index is 1.92. The van der Waals surface area contributed by atoms with Crippen molar-refractivity contribution in [3.63, 3.8) is 0 Å². The Hall–Kier alpha value is -2.58. The largest absolute Gasteiger partial charge is 0.489 e. The fraction of sp³-hybridized carbons (Fsp3) is 0.444. The summed E-state index contributed by atoms with van der Waals surface area (Å²) in [5, 5.41) is 4.37. The summed E-state index contributed by atoms with van der Waals surface area (Å²) in [6.07, 6.45) is 9.50. The van der Waals surface area contributed by atoms with Gasteiger partial charge in [0.05, 0.1) is 0 Å². The lowest BCUT2D eigenvalue weighted by molar-refractivity contribution is 0.363. The lowest BCUT2D eigenvalue weighted by Gasteiger charge is -2.42. The summed E-state index contributed by atoms with van der Waals surface area (Å²) in [5.74, 6) is 1.12. The summed E-state index contributed by atoms with van der Waals surface area (Å²) in [5.41, 5.74) is 9.82. The first-order valence-electron chi connectivity index (χ1n) is 14.6. The van der Waals surface area contributed by atoms with E-state index in [-0.39, 0.29) is 10.8 Å². The molecule has 0 saturated heterocycles. The van der Waals surface area contributed by atoms with Crippen LogP contribution in [0.15, 0.2) is 71.8 Å². The maximum atomic E-state index is 6.53. The van der Waals surface area contributed by atoms with E-state index in [0.717, 1.165) is 5.75 Å². The van der Waals surface area contributed by atoms with Crippen molar-refractivity contribution in [3.05, 3.63) is 93.4 Å². The van der Waals surface area contributed by atoms with E-state index in [9.17, 15) is 0 Å². The molecule has 2 aromatic rings. The highest BCUT2D eigenvalue weighted by Gasteiger charge is 2.53. The Kier molecular flexibility index (Phi) is 6.79. The number of benzene rings is 2. The van der Waals surface area contributed by atoms with E-state index in [1.54, 1.807) is 22.3 Å². The van der Waals surface area contributed by atoms with Crippen LogP contribution in [0.2, 0.25) is 17.6 Å². The highest BCUT2D eigenvalue weighted by Crippen LogP contribution is 2.62. The van der Waals surface area contributed by atoms with Crippen molar-refractivity contribution in [1.29, 1.82) is 0 Å². The van der Waals surface area contributed by atoms with E-state index in [1.807, 2.05) is 6.08 Å². The molecule has 1 unspecified atom stereocenters. The molecule has 0 spiro atoms. The van der Waals surface area contributed by atoms with Crippen LogP contribution in [0.25, 0.3) is 11.6 Å². The smallest absolute Gasteiger partial charge is 0.121 e. The van der Waals surface area contributed by atoms with Crippen LogP contribution in [0.3, 0.4) is 0 Å². The van der Waals surface area contributed by atoms with Crippen LogP contribution < -0.4 is 20.4 Å². The molecule has 3 aliphatic carbocycles. The minimum Gasteiger partial charge on any atom is -0.489 e. The summed E-state index contributed by atoms with van der Waals surface area (Å²) in [4.78, 5) is 0. The minimum atomic E-state index is -2.17. The van der Waals surface area contributed by atoms with Gasteiger partial charge in [0.2, 0.25) is 0 Å². The molecule has 200 valence electrons. The number of allylic oxidation sites excluding steroid dienone is 4. The molecule has 0 fully saturated rings. The first-order valence-corrected chi connectivity index (χ1v) is 17.1. The maximum absolute atomic E-state index is 6.53. The lowest BCUT2D eigenvalue weighted by Crippen LogP contribution is -2.53. The second-order valence-electron chi connectivity index (χ2n) is 13.2. The lowest BCUT2D eigenvalue weighted by atomic mass is 9.73. The van der Waals surface area contributed by atoms with Gasteiger partial charge in [-0.1, -0.05) is 120 Å². The molecular weight excluding hydrogens is 476 g/mol. The van der Waals surface area contributed by atoms with Gasteiger partial charge in [0.15, 0.2) is 0 Å². The van der Waals surface area contributed by atoms with Crippen molar-refractivity contribution in [2.24, 2.45) is 10.8 Å². The topological polar surface area (TPSA) is 9.23 Å². The van der Waals surface area contributed by atoms with Crippen LogP contribution >= 0.6 is 0 Å². The molecule has 0 N–H and O–H groups in total. The molecule has 3 aliphatic rings. The first kappa shape index (κ1) is 27.0. The number of ether oxygens (including phenoxy) is 1. The van der Waals surface area contributed by atoms with E-state index in [0.29, 0.717) is 12.1 Å². The highest BCUT2D eigenvalue weighted by atomic mass is 28.3. The first-order chi connectivity index (χ1) is 18.0. The molecule has 38 heavy (non-hydrogen) atoms. The van der Waals surface area contributed by atoms with Crippen molar-refractivity contribution in [3.8, 4) is 5.75 Å². The Morgan fingerprint density at radius 2 is 1.74 bits per heavy atom. The van der Waals surface area contributed by atoms with Crippen LogP contribution in [-0.2, 0) is 0 Å². The second kappa shape index (κ2) is 9.56. The zero-order valence-electron chi connectivity index (χ0n) is 24.9. The van der Waals surface area contributed by atoms with Crippen LogP contribution in [0.5, 0.6) is 5.75 Å². The van der Waals surface area contributed by atoms with Crippen LogP contribution in [-0.4, -0.2) is 14.7 Å². The van der Waals surface area contributed by atoms with Crippen molar-refractivity contribution >= 4 is 24.9 Å². The van der Waals surface area contributed by atoms with Gasteiger partial charge < -0.3 is 4.74 Å². The fourth-order valence-electron chi connectivity index (χ4n) is 7.94. The van der Waals surface area contributed by atoms with E-state index >= 15 is 0 Å². The molecule has 0 radical (unpaired) electrons. The van der Waals surface area contributed by atoms with Gasteiger partial charge in [-0.25, -0.2) is 0 Å². The number of rotatable bonds is 7. The summed E-state index contributed by atoms with van der Waals surface area (Å²) in [7, 11) is -2.17. The Morgan fingerprint density at radius 3 is 2.42 bits per heavy atom. The number of hydrogen-bond acceptors (Lipinski definition) is 1. The third-order valence-corrected chi connectivity index (χ3v) is 15.3. The number of fused-ring (bicyclic) bond motifs is 3. The SMILES string of the molecule is C=CCOc1c(C)cc(C)cc1[Si](CC)(CC)C1C2=CC(C)(C)CCC2=C2C1=c1ccccc1=CC2(C)C. The third kappa shape index (κ3) is 4.11. The summed E-state index contributed by atoms with van der Waals surface area (Å²) < 4.78 is 6.53. The summed E-state index contributed by atoms with van der Waals surface area (Å²) in [6.45, 7) is 23.7. The molecule has 0 saturated carbocycles. The molecule has 0 aromatic heterocycles. The third-order valence-electron chi connectivity index (χ3n) is 9.61. The van der Waals surface area contributed by atoms with Crippen molar-refractivity contribution < 1.29 is 4.74 Å². The van der Waals surface area contributed by atoms with Gasteiger partial charge in [-0.3, -0.25) is 0 Å². The Labute approximate surface area is 231 Å². The van der Waals surface area contributed by atoms with Crippen LogP contribution in [0, 0.1) is 24.7 Å². The molecule has 5 rings (SSSR count). The summed E-state index contributed by atoms with van der Waals surface area (Å²) >= 11 is 0. The molecule has 1 atom stereocenters. The average molecular weight is 523 g/mol. The number of aryl methyl sites for hydroxylation is 2. The van der Waals surface area contributed by atoms with E-state index in [2.05, 4.69) is 111 Å². The molecule has 0 aliphatic heterocycles. The van der Waals surface area contributed by atoms with Crippen LogP contribution in [0.1, 0.15) is 65.5 Å². The molecule has 0 heterocycles. The van der Waals surface area contributed by atoms with E-state index in [1.165, 1.54) is 51.7 Å². The van der Waals surface area contributed by atoms with Gasteiger partial charge in [-0.15, -0.1) is 0 Å². The van der Waals surface area contributed by atoms with E-state index in [4.69, 9.17) is 4.74 Å². The highest BCUT2D eigenvalue weighted by molar-refractivity contribution is 6.95. The van der Waals surface area contributed by atoms with Gasteiger partial charge in [0.1, 0.15) is 20.4 Å². The predicted molar refractivity (Wildman–Crippen MR) is 167 cm³/mol. The minimum absolute atomic E-state index is 0.0145.